The van der Waals surface area contributed by atoms with Gasteiger partial charge in [-0.25, -0.2) is 9.59 Å². The van der Waals surface area contributed by atoms with E-state index in [2.05, 4.69) is 30.0 Å². The average Bonchev–Trinajstić information content (AvgIpc) is 3.16. The predicted molar refractivity (Wildman–Crippen MR) is 150 cm³/mol. The Balaban J connectivity index is 0.000000877. The Morgan fingerprint density at radius 1 is 1.05 bits per heavy atom. The molecule has 0 bridgehead atoms. The Labute approximate surface area is 221 Å². The van der Waals surface area contributed by atoms with Crippen LogP contribution in [0.1, 0.15) is 64.0 Å². The standard InChI is InChI=1S/C24H32N4O4.C5H10/c1-16(2)18-19(17-8-10-25-11-9-17)21(26(6)20(18)22(29)31-7)27-12-14-28(15-13-27)23(30)32-24(3,4)5;1-4-5(2)3/h8-11H,1,12-15H2,2-7H3;2,4H2,1,3H3. The molecule has 0 radical (unpaired) electrons. The maximum atomic E-state index is 12.7. The van der Waals surface area contributed by atoms with E-state index in [4.69, 9.17) is 9.47 Å². The minimum Gasteiger partial charge on any atom is -0.464 e. The van der Waals surface area contributed by atoms with Crippen LogP contribution >= 0.6 is 0 Å². The number of carbonyl (C=O) groups is 2. The fourth-order valence-electron chi connectivity index (χ4n) is 4.01. The van der Waals surface area contributed by atoms with Gasteiger partial charge in [-0.15, -0.1) is 6.58 Å². The number of carbonyl (C=O) groups excluding carboxylic acids is 2. The molecule has 1 fully saturated rings. The Morgan fingerprint density at radius 2 is 1.59 bits per heavy atom. The third kappa shape index (κ3) is 7.47. The molecule has 2 aromatic heterocycles. The topological polar surface area (TPSA) is 76.9 Å². The lowest BCUT2D eigenvalue weighted by Gasteiger charge is -2.37. The summed E-state index contributed by atoms with van der Waals surface area (Å²) in [6.45, 7) is 21.6. The van der Waals surface area contributed by atoms with Crippen LogP contribution in [-0.4, -0.2) is 65.4 Å². The minimum absolute atomic E-state index is 0.309. The van der Waals surface area contributed by atoms with Gasteiger partial charge in [0.15, 0.2) is 0 Å². The smallest absolute Gasteiger partial charge is 0.410 e. The van der Waals surface area contributed by atoms with E-state index in [1.807, 2.05) is 58.4 Å². The molecule has 3 heterocycles. The number of esters is 1. The molecular formula is C29H42N4O4. The molecule has 0 unspecified atom stereocenters. The van der Waals surface area contributed by atoms with Crippen LogP contribution in [0.15, 0.2) is 43.3 Å². The molecule has 0 aromatic carbocycles. The SMILES string of the molecule is C=C(C)CC.C=C(C)c1c(-c2ccncc2)c(N2CCN(C(=O)OC(C)(C)C)CC2)n(C)c1C(=O)OC. The van der Waals surface area contributed by atoms with E-state index in [1.54, 1.807) is 17.3 Å². The first-order valence-corrected chi connectivity index (χ1v) is 12.6. The summed E-state index contributed by atoms with van der Waals surface area (Å²) in [7, 11) is 3.24. The highest BCUT2D eigenvalue weighted by Gasteiger charge is 2.33. The van der Waals surface area contributed by atoms with E-state index in [-0.39, 0.29) is 6.09 Å². The summed E-state index contributed by atoms with van der Waals surface area (Å²) in [6, 6.07) is 3.84. The van der Waals surface area contributed by atoms with Crippen molar-refractivity contribution in [2.24, 2.45) is 7.05 Å². The number of ether oxygens (including phenoxy) is 2. The van der Waals surface area contributed by atoms with Crippen LogP contribution in [0, 0.1) is 0 Å². The van der Waals surface area contributed by atoms with Gasteiger partial charge in [0.1, 0.15) is 17.1 Å². The number of rotatable bonds is 5. The summed E-state index contributed by atoms with van der Waals surface area (Å²) in [4.78, 5) is 33.3. The van der Waals surface area contributed by atoms with Gasteiger partial charge in [0.25, 0.3) is 0 Å². The van der Waals surface area contributed by atoms with Gasteiger partial charge in [-0.3, -0.25) is 4.98 Å². The van der Waals surface area contributed by atoms with E-state index < -0.39 is 11.6 Å². The molecule has 0 saturated carbocycles. The summed E-state index contributed by atoms with van der Waals surface area (Å²) < 4.78 is 12.5. The number of methoxy groups -OCH3 is 1. The van der Waals surface area contributed by atoms with Crippen LogP contribution < -0.4 is 4.90 Å². The normalized spacial score (nSPS) is 13.4. The molecule has 8 nitrogen and oxygen atoms in total. The fourth-order valence-corrected chi connectivity index (χ4v) is 4.01. The number of allylic oxidation sites excluding steroid dienone is 2. The van der Waals surface area contributed by atoms with Gasteiger partial charge in [-0.2, -0.15) is 0 Å². The van der Waals surface area contributed by atoms with Crippen LogP contribution in [-0.2, 0) is 16.5 Å². The molecule has 2 aromatic rings. The van der Waals surface area contributed by atoms with Crippen LogP contribution in [0.25, 0.3) is 16.7 Å². The second kappa shape index (κ2) is 12.6. The molecule has 202 valence electrons. The van der Waals surface area contributed by atoms with Crippen LogP contribution in [0.4, 0.5) is 10.6 Å². The third-order valence-corrected chi connectivity index (χ3v) is 5.97. The Bertz CT molecular complexity index is 1120. The Kier molecular flexibility index (Phi) is 10.1. The molecule has 1 amide bonds. The summed E-state index contributed by atoms with van der Waals surface area (Å²) in [6.07, 6.45) is 4.26. The van der Waals surface area contributed by atoms with Gasteiger partial charge >= 0.3 is 12.1 Å². The van der Waals surface area contributed by atoms with E-state index in [1.165, 1.54) is 12.7 Å². The zero-order valence-electron chi connectivity index (χ0n) is 23.7. The zero-order chi connectivity index (χ0) is 27.9. The first-order chi connectivity index (χ1) is 17.3. The van der Waals surface area contributed by atoms with Crippen LogP contribution in [0.5, 0.6) is 0 Å². The number of anilines is 1. The number of nitrogens with zero attached hydrogens (tertiary/aromatic N) is 4. The maximum Gasteiger partial charge on any atom is 0.410 e. The largest absolute Gasteiger partial charge is 0.464 e. The lowest BCUT2D eigenvalue weighted by atomic mass is 9.98. The van der Waals surface area contributed by atoms with E-state index in [9.17, 15) is 9.59 Å². The zero-order valence-corrected chi connectivity index (χ0v) is 23.7. The van der Waals surface area contributed by atoms with Gasteiger partial charge < -0.3 is 23.8 Å². The highest BCUT2D eigenvalue weighted by molar-refractivity contribution is 6.02. The van der Waals surface area contributed by atoms with Crippen molar-refractivity contribution >= 4 is 23.5 Å². The predicted octanol–water partition coefficient (Wildman–Crippen LogP) is 5.94. The molecule has 1 aliphatic heterocycles. The average molecular weight is 511 g/mol. The molecule has 37 heavy (non-hydrogen) atoms. The number of hydrogen-bond donors (Lipinski definition) is 0. The first kappa shape index (κ1) is 29.7. The van der Waals surface area contributed by atoms with E-state index in [0.29, 0.717) is 31.9 Å². The summed E-state index contributed by atoms with van der Waals surface area (Å²) >= 11 is 0. The first-order valence-electron chi connectivity index (χ1n) is 12.6. The van der Waals surface area contributed by atoms with Crippen LogP contribution in [0.3, 0.4) is 0 Å². The monoisotopic (exact) mass is 510 g/mol. The van der Waals surface area contributed by atoms with Crippen molar-refractivity contribution in [1.82, 2.24) is 14.5 Å². The molecule has 8 heteroatoms. The van der Waals surface area contributed by atoms with Gasteiger partial charge in [0.2, 0.25) is 0 Å². The number of hydrogen-bond acceptors (Lipinski definition) is 6. The van der Waals surface area contributed by atoms with Crippen molar-refractivity contribution in [3.63, 3.8) is 0 Å². The quantitative estimate of drug-likeness (QED) is 0.366. The van der Waals surface area contributed by atoms with E-state index >= 15 is 0 Å². The maximum absolute atomic E-state index is 12.7. The fraction of sp³-hybridized carbons (Fsp3) is 0.483. The lowest BCUT2D eigenvalue weighted by molar-refractivity contribution is 0.0240. The van der Waals surface area contributed by atoms with Crippen molar-refractivity contribution in [3.05, 3.63) is 54.5 Å². The van der Waals surface area contributed by atoms with Gasteiger partial charge in [0, 0.05) is 56.7 Å². The van der Waals surface area contributed by atoms with Gasteiger partial charge in [-0.05, 0) is 64.3 Å². The number of pyridine rings is 1. The number of piperazine rings is 1. The minimum atomic E-state index is -0.535. The number of amides is 1. The van der Waals surface area contributed by atoms with Crippen molar-refractivity contribution in [2.75, 3.05) is 38.2 Å². The summed E-state index contributed by atoms with van der Waals surface area (Å²) in [5.41, 5.74) is 4.55. The molecule has 1 saturated heterocycles. The Morgan fingerprint density at radius 3 is 2.03 bits per heavy atom. The summed E-state index contributed by atoms with van der Waals surface area (Å²) in [5, 5.41) is 0. The Hall–Kier alpha value is -3.55. The lowest BCUT2D eigenvalue weighted by Crippen LogP contribution is -2.50. The molecule has 0 aliphatic carbocycles. The van der Waals surface area contributed by atoms with E-state index in [0.717, 1.165) is 34.5 Å². The third-order valence-electron chi connectivity index (χ3n) is 5.97. The highest BCUT2D eigenvalue weighted by Crippen LogP contribution is 2.42. The van der Waals surface area contributed by atoms with Crippen LogP contribution in [0.2, 0.25) is 0 Å². The second-order valence-electron chi connectivity index (χ2n) is 10.3. The molecule has 0 spiro atoms. The highest BCUT2D eigenvalue weighted by atomic mass is 16.6. The summed E-state index contributed by atoms with van der Waals surface area (Å²) in [5.74, 6) is 0.470. The molecule has 0 atom stereocenters. The molecular weight excluding hydrogens is 468 g/mol. The van der Waals surface area contributed by atoms with Crippen molar-refractivity contribution in [2.45, 2.75) is 53.6 Å². The molecule has 1 aliphatic rings. The van der Waals surface area contributed by atoms with Gasteiger partial charge in [-0.1, -0.05) is 19.1 Å². The van der Waals surface area contributed by atoms with Crippen molar-refractivity contribution < 1.29 is 19.1 Å². The second-order valence-corrected chi connectivity index (χ2v) is 10.3. The van der Waals surface area contributed by atoms with Crippen molar-refractivity contribution in [1.29, 1.82) is 0 Å². The van der Waals surface area contributed by atoms with Crippen molar-refractivity contribution in [3.8, 4) is 11.1 Å². The molecule has 0 N–H and O–H groups in total. The van der Waals surface area contributed by atoms with Gasteiger partial charge in [0.05, 0.1) is 7.11 Å². The molecule has 3 rings (SSSR count). The number of aromatic nitrogens is 2.